The molecular weight excluding hydrogens is 522 g/mol. The summed E-state index contributed by atoms with van der Waals surface area (Å²) in [6.45, 7) is 10.3. The van der Waals surface area contributed by atoms with Gasteiger partial charge in [0, 0.05) is 49.1 Å². The van der Waals surface area contributed by atoms with Gasteiger partial charge >= 0.3 is 12.1 Å². The molecule has 9 heteroatoms. The van der Waals surface area contributed by atoms with Crippen LogP contribution in [0.25, 0.3) is 10.9 Å². The van der Waals surface area contributed by atoms with Crippen molar-refractivity contribution in [3.8, 4) is 5.75 Å². The van der Waals surface area contributed by atoms with Crippen molar-refractivity contribution in [1.29, 1.82) is 0 Å². The molecule has 222 valence electrons. The van der Waals surface area contributed by atoms with E-state index in [1.165, 1.54) is 7.11 Å². The third kappa shape index (κ3) is 6.85. The fraction of sp³-hybridized carbons (Fsp3) is 0.500. The second-order valence-electron chi connectivity index (χ2n) is 11.5. The SMILES string of the molecule is COCCNc1cc(C(=O)OC)ccc1[C@H]1CCCCN1Cc1c(OC)cc(C)c2c1ccn2C(=O)OC(C)(C)C. The second-order valence-corrected chi connectivity index (χ2v) is 11.5. The quantitative estimate of drug-likeness (QED) is 0.238. The van der Waals surface area contributed by atoms with Gasteiger partial charge in [-0.25, -0.2) is 9.59 Å². The fourth-order valence-corrected chi connectivity index (χ4v) is 5.64. The molecule has 0 bridgehead atoms. The maximum Gasteiger partial charge on any atom is 0.419 e. The third-order valence-corrected chi connectivity index (χ3v) is 7.47. The van der Waals surface area contributed by atoms with Crippen LogP contribution in [-0.4, -0.2) is 68.2 Å². The van der Waals surface area contributed by atoms with E-state index in [-0.39, 0.29) is 12.0 Å². The monoisotopic (exact) mass is 565 g/mol. The lowest BCUT2D eigenvalue weighted by atomic mass is 9.92. The van der Waals surface area contributed by atoms with Crippen LogP contribution in [0.15, 0.2) is 36.5 Å². The van der Waals surface area contributed by atoms with E-state index in [4.69, 9.17) is 18.9 Å². The van der Waals surface area contributed by atoms with Crippen molar-refractivity contribution in [2.45, 2.75) is 65.1 Å². The number of nitrogens with one attached hydrogen (secondary N) is 1. The smallest absolute Gasteiger partial charge is 0.419 e. The summed E-state index contributed by atoms with van der Waals surface area (Å²) >= 11 is 0. The lowest BCUT2D eigenvalue weighted by molar-refractivity contribution is 0.0542. The zero-order chi connectivity index (χ0) is 29.7. The minimum Gasteiger partial charge on any atom is -0.496 e. The molecule has 1 atom stereocenters. The average molecular weight is 566 g/mol. The Morgan fingerprint density at radius 3 is 2.54 bits per heavy atom. The Balaban J connectivity index is 1.74. The zero-order valence-electron chi connectivity index (χ0n) is 25.3. The first-order valence-electron chi connectivity index (χ1n) is 14.2. The van der Waals surface area contributed by atoms with Gasteiger partial charge in [0.25, 0.3) is 0 Å². The molecule has 3 aromatic rings. The molecule has 0 amide bonds. The number of ether oxygens (including phenoxy) is 4. The van der Waals surface area contributed by atoms with Crippen LogP contribution < -0.4 is 10.1 Å². The van der Waals surface area contributed by atoms with E-state index in [2.05, 4.69) is 10.2 Å². The summed E-state index contributed by atoms with van der Waals surface area (Å²) in [4.78, 5) is 27.8. The maximum atomic E-state index is 13.1. The first-order valence-corrected chi connectivity index (χ1v) is 14.2. The van der Waals surface area contributed by atoms with Crippen LogP contribution in [-0.2, 0) is 20.8 Å². The molecule has 4 rings (SSSR count). The highest BCUT2D eigenvalue weighted by Crippen LogP contribution is 2.40. The van der Waals surface area contributed by atoms with Gasteiger partial charge in [0.15, 0.2) is 0 Å². The van der Waals surface area contributed by atoms with E-state index in [1.807, 2.05) is 58.0 Å². The number of hydrogen-bond acceptors (Lipinski definition) is 8. The predicted molar refractivity (Wildman–Crippen MR) is 160 cm³/mol. The molecule has 1 fully saturated rings. The van der Waals surface area contributed by atoms with Gasteiger partial charge in [0.2, 0.25) is 0 Å². The summed E-state index contributed by atoms with van der Waals surface area (Å²) in [6, 6.07) is 9.84. The van der Waals surface area contributed by atoms with Crippen LogP contribution >= 0.6 is 0 Å². The molecule has 2 heterocycles. The summed E-state index contributed by atoms with van der Waals surface area (Å²) in [5.74, 6) is 0.425. The molecule has 0 saturated carbocycles. The van der Waals surface area contributed by atoms with Gasteiger partial charge < -0.3 is 24.3 Å². The highest BCUT2D eigenvalue weighted by molar-refractivity contribution is 5.95. The summed E-state index contributed by atoms with van der Waals surface area (Å²) in [6.07, 6.45) is 4.55. The van der Waals surface area contributed by atoms with Crippen LogP contribution in [0, 0.1) is 6.92 Å². The highest BCUT2D eigenvalue weighted by Gasteiger charge is 2.29. The van der Waals surface area contributed by atoms with Crippen LogP contribution in [0.2, 0.25) is 0 Å². The summed E-state index contributed by atoms with van der Waals surface area (Å²) in [5.41, 5.74) is 4.73. The van der Waals surface area contributed by atoms with Crippen molar-refractivity contribution < 1.29 is 28.5 Å². The molecule has 9 nitrogen and oxygen atoms in total. The number of aryl methyl sites for hydroxylation is 1. The van der Waals surface area contributed by atoms with Crippen molar-refractivity contribution in [3.63, 3.8) is 0 Å². The van der Waals surface area contributed by atoms with Crippen LogP contribution in [0.1, 0.15) is 73.1 Å². The van der Waals surface area contributed by atoms with E-state index >= 15 is 0 Å². The van der Waals surface area contributed by atoms with E-state index in [0.29, 0.717) is 25.3 Å². The Morgan fingerprint density at radius 2 is 1.85 bits per heavy atom. The number of esters is 1. The number of piperidine rings is 1. The Bertz CT molecular complexity index is 1390. The molecule has 1 saturated heterocycles. The van der Waals surface area contributed by atoms with Gasteiger partial charge in [-0.1, -0.05) is 12.5 Å². The van der Waals surface area contributed by atoms with Crippen molar-refractivity contribution in [2.75, 3.05) is 46.3 Å². The minimum absolute atomic E-state index is 0.120. The number of rotatable bonds is 9. The zero-order valence-corrected chi connectivity index (χ0v) is 25.3. The number of carbonyl (C=O) groups excluding carboxylic acids is 2. The molecule has 1 aromatic heterocycles. The third-order valence-electron chi connectivity index (χ3n) is 7.47. The van der Waals surface area contributed by atoms with Gasteiger partial charge in [-0.05, 0) is 82.5 Å². The molecule has 41 heavy (non-hydrogen) atoms. The molecule has 1 N–H and O–H groups in total. The first kappa shape index (κ1) is 30.4. The number of likely N-dealkylation sites (tertiary alicyclic amines) is 1. The van der Waals surface area contributed by atoms with E-state index in [0.717, 1.165) is 64.8 Å². The molecule has 0 aliphatic carbocycles. The molecular formula is C32H43N3O6. The number of nitrogens with zero attached hydrogens (tertiary/aromatic N) is 2. The van der Waals surface area contributed by atoms with Gasteiger partial charge in [-0.3, -0.25) is 9.47 Å². The molecule has 0 spiro atoms. The van der Waals surface area contributed by atoms with Gasteiger partial charge in [-0.15, -0.1) is 0 Å². The molecule has 1 aliphatic rings. The Kier molecular flexibility index (Phi) is 9.60. The summed E-state index contributed by atoms with van der Waals surface area (Å²) in [7, 11) is 4.75. The number of hydrogen-bond donors (Lipinski definition) is 1. The number of aromatic nitrogens is 1. The average Bonchev–Trinajstić information content (AvgIpc) is 3.40. The second kappa shape index (κ2) is 13.0. The highest BCUT2D eigenvalue weighted by atomic mass is 16.6. The van der Waals surface area contributed by atoms with Crippen LogP contribution in [0.3, 0.4) is 0 Å². The summed E-state index contributed by atoms with van der Waals surface area (Å²) < 4.78 is 23.4. The molecule has 2 aromatic carbocycles. The van der Waals surface area contributed by atoms with Gasteiger partial charge in [0.05, 0.1) is 31.9 Å². The fourth-order valence-electron chi connectivity index (χ4n) is 5.64. The Labute approximate surface area is 242 Å². The van der Waals surface area contributed by atoms with E-state index < -0.39 is 11.7 Å². The number of anilines is 1. The maximum absolute atomic E-state index is 13.1. The Hall–Kier alpha value is -3.56. The topological polar surface area (TPSA) is 91.3 Å². The number of carbonyl (C=O) groups is 2. The number of methoxy groups -OCH3 is 3. The Morgan fingerprint density at radius 1 is 1.07 bits per heavy atom. The standard InChI is InChI=1S/C32H43N3O6/c1-21-18-28(39-6)25(23-13-16-35(29(21)23)31(37)41-32(2,3)4)20-34-15-9-8-10-27(34)24-12-11-22(30(36)40-7)19-26(24)33-14-17-38-5/h11-13,16,18-19,27,33H,8-10,14-15,17,20H2,1-7H3/t27-/m1/s1. The minimum atomic E-state index is -0.601. The summed E-state index contributed by atoms with van der Waals surface area (Å²) in [5, 5.41) is 4.44. The van der Waals surface area contributed by atoms with Crippen molar-refractivity contribution in [1.82, 2.24) is 9.47 Å². The molecule has 1 aliphatic heterocycles. The van der Waals surface area contributed by atoms with Crippen molar-refractivity contribution in [3.05, 3.63) is 58.8 Å². The van der Waals surface area contributed by atoms with E-state index in [1.54, 1.807) is 25.0 Å². The molecule has 0 unspecified atom stereocenters. The number of fused-ring (bicyclic) bond motifs is 1. The largest absolute Gasteiger partial charge is 0.496 e. The van der Waals surface area contributed by atoms with E-state index in [9.17, 15) is 9.59 Å². The lowest BCUT2D eigenvalue weighted by Gasteiger charge is -2.37. The van der Waals surface area contributed by atoms with Gasteiger partial charge in [0.1, 0.15) is 11.4 Å². The normalized spacial score (nSPS) is 16.0. The lowest BCUT2D eigenvalue weighted by Crippen LogP contribution is -2.33. The molecule has 0 radical (unpaired) electrons. The first-order chi connectivity index (χ1) is 19.6. The number of benzene rings is 2. The van der Waals surface area contributed by atoms with Crippen LogP contribution in [0.4, 0.5) is 10.5 Å². The van der Waals surface area contributed by atoms with Crippen molar-refractivity contribution in [2.24, 2.45) is 0 Å². The van der Waals surface area contributed by atoms with Gasteiger partial charge in [-0.2, -0.15) is 0 Å². The predicted octanol–water partition coefficient (Wildman–Crippen LogP) is 6.31. The van der Waals surface area contributed by atoms with Crippen LogP contribution in [0.5, 0.6) is 5.75 Å². The van der Waals surface area contributed by atoms with Crippen molar-refractivity contribution >= 4 is 28.7 Å².